The number of benzene rings is 3. The number of nitrogens with zero attached hydrogens (tertiary/aromatic N) is 3. The number of ether oxygens (including phenoxy) is 2. The average Bonchev–Trinajstić information content (AvgIpc) is 3.40. The smallest absolute Gasteiger partial charge is 0.162 e. The van der Waals surface area contributed by atoms with Gasteiger partial charge in [-0.1, -0.05) is 48.6 Å². The van der Waals surface area contributed by atoms with Gasteiger partial charge in [-0.2, -0.15) is 0 Å². The number of rotatable bonds is 8. The SMILES string of the molecule is C1=Cc2cc(Nc3nc(-c4ccccc4)nc4ccc(OCCCN5CCOCC5)cc34)ccc2C1. The van der Waals surface area contributed by atoms with Gasteiger partial charge in [0, 0.05) is 36.3 Å². The van der Waals surface area contributed by atoms with E-state index >= 15 is 0 Å². The highest BCUT2D eigenvalue weighted by Gasteiger charge is 2.13. The van der Waals surface area contributed by atoms with Gasteiger partial charge < -0.3 is 14.8 Å². The lowest BCUT2D eigenvalue weighted by Crippen LogP contribution is -2.37. The van der Waals surface area contributed by atoms with E-state index in [2.05, 4.69) is 46.6 Å². The van der Waals surface area contributed by atoms with Gasteiger partial charge in [0.2, 0.25) is 0 Å². The molecule has 3 aromatic carbocycles. The highest BCUT2D eigenvalue weighted by molar-refractivity contribution is 5.93. The molecule has 1 saturated heterocycles. The molecule has 182 valence electrons. The van der Waals surface area contributed by atoms with Crippen molar-refractivity contribution in [2.45, 2.75) is 12.8 Å². The van der Waals surface area contributed by atoms with Crippen LogP contribution in [0.2, 0.25) is 0 Å². The van der Waals surface area contributed by atoms with Crippen LogP contribution in [0.5, 0.6) is 5.75 Å². The minimum atomic E-state index is 0.672. The number of hydrogen-bond acceptors (Lipinski definition) is 6. The summed E-state index contributed by atoms with van der Waals surface area (Å²) in [7, 11) is 0. The van der Waals surface area contributed by atoms with E-state index in [0.717, 1.165) is 79.4 Å². The molecule has 1 N–H and O–H groups in total. The predicted molar refractivity (Wildman–Crippen MR) is 145 cm³/mol. The third-order valence-electron chi connectivity index (χ3n) is 6.73. The van der Waals surface area contributed by atoms with Crippen molar-refractivity contribution in [1.82, 2.24) is 14.9 Å². The van der Waals surface area contributed by atoms with Gasteiger partial charge in [0.25, 0.3) is 0 Å². The van der Waals surface area contributed by atoms with Crippen LogP contribution >= 0.6 is 0 Å². The van der Waals surface area contributed by atoms with E-state index in [1.54, 1.807) is 0 Å². The number of hydrogen-bond donors (Lipinski definition) is 1. The van der Waals surface area contributed by atoms with Crippen molar-refractivity contribution in [1.29, 1.82) is 0 Å². The zero-order valence-electron chi connectivity index (χ0n) is 20.3. The molecule has 0 atom stereocenters. The molecule has 0 unspecified atom stereocenters. The normalized spacial score (nSPS) is 15.2. The Morgan fingerprint density at radius 1 is 0.944 bits per heavy atom. The molecule has 2 aliphatic rings. The fourth-order valence-corrected chi connectivity index (χ4v) is 4.78. The Labute approximate surface area is 211 Å². The van der Waals surface area contributed by atoms with Gasteiger partial charge >= 0.3 is 0 Å². The number of fused-ring (bicyclic) bond motifs is 2. The molecule has 36 heavy (non-hydrogen) atoms. The number of nitrogens with one attached hydrogen (secondary N) is 1. The van der Waals surface area contributed by atoms with E-state index in [0.29, 0.717) is 12.4 Å². The first kappa shape index (κ1) is 22.7. The molecule has 0 bridgehead atoms. The number of anilines is 2. The van der Waals surface area contributed by atoms with Gasteiger partial charge in [0.1, 0.15) is 11.6 Å². The Balaban J connectivity index is 1.27. The average molecular weight is 479 g/mol. The second-order valence-corrected chi connectivity index (χ2v) is 9.24. The lowest BCUT2D eigenvalue weighted by molar-refractivity contribution is 0.0358. The molecule has 1 fully saturated rings. The number of morpholine rings is 1. The summed E-state index contributed by atoms with van der Waals surface area (Å²) in [6.07, 6.45) is 6.35. The summed E-state index contributed by atoms with van der Waals surface area (Å²) in [6.45, 7) is 5.36. The molecule has 0 saturated carbocycles. The Bertz CT molecular complexity index is 1380. The van der Waals surface area contributed by atoms with Crippen molar-refractivity contribution in [3.05, 3.63) is 83.9 Å². The number of aromatic nitrogens is 2. The molecule has 1 aliphatic heterocycles. The van der Waals surface area contributed by atoms with E-state index in [9.17, 15) is 0 Å². The molecule has 0 amide bonds. The topological polar surface area (TPSA) is 59.5 Å². The molecule has 0 spiro atoms. The third-order valence-corrected chi connectivity index (χ3v) is 6.73. The fourth-order valence-electron chi connectivity index (χ4n) is 4.78. The van der Waals surface area contributed by atoms with Gasteiger partial charge in [0.15, 0.2) is 5.82 Å². The van der Waals surface area contributed by atoms with Gasteiger partial charge in [0.05, 0.1) is 25.3 Å². The molecule has 6 rings (SSSR count). The van der Waals surface area contributed by atoms with Crippen LogP contribution < -0.4 is 10.1 Å². The van der Waals surface area contributed by atoms with Crippen molar-refractivity contribution in [2.75, 3.05) is 44.8 Å². The minimum absolute atomic E-state index is 0.672. The zero-order valence-corrected chi connectivity index (χ0v) is 20.3. The molecule has 2 heterocycles. The Morgan fingerprint density at radius 3 is 2.72 bits per heavy atom. The standard InChI is InChI=1S/C30H30N4O2/c1-2-6-23(7-3-1)29-32-28-13-12-26(36-17-5-14-34-15-18-35-19-16-34)21-27(28)30(33-29)31-25-11-10-22-8-4-9-24(22)20-25/h1-4,6-7,9-13,20-21H,5,8,14-19H2,(H,31,32,33). The highest BCUT2D eigenvalue weighted by Crippen LogP contribution is 2.31. The molecular formula is C30H30N4O2. The maximum Gasteiger partial charge on any atom is 0.162 e. The van der Waals surface area contributed by atoms with E-state index in [-0.39, 0.29) is 0 Å². The summed E-state index contributed by atoms with van der Waals surface area (Å²) in [5.74, 6) is 2.31. The predicted octanol–water partition coefficient (Wildman–Crippen LogP) is 5.71. The lowest BCUT2D eigenvalue weighted by atomic mass is 10.1. The fraction of sp³-hybridized carbons (Fsp3) is 0.267. The van der Waals surface area contributed by atoms with Crippen LogP contribution in [0.15, 0.2) is 72.8 Å². The van der Waals surface area contributed by atoms with Crippen LogP contribution in [0.4, 0.5) is 11.5 Å². The summed E-state index contributed by atoms with van der Waals surface area (Å²) >= 11 is 0. The zero-order chi connectivity index (χ0) is 24.2. The molecule has 4 aromatic rings. The summed E-state index contributed by atoms with van der Waals surface area (Å²) < 4.78 is 11.6. The van der Waals surface area contributed by atoms with Crippen LogP contribution in [0.3, 0.4) is 0 Å². The van der Waals surface area contributed by atoms with E-state index in [4.69, 9.17) is 19.4 Å². The maximum atomic E-state index is 6.14. The molecule has 0 radical (unpaired) electrons. The second kappa shape index (κ2) is 10.5. The summed E-state index contributed by atoms with van der Waals surface area (Å²) in [5, 5.41) is 4.51. The summed E-state index contributed by atoms with van der Waals surface area (Å²) in [4.78, 5) is 12.2. The first-order valence-corrected chi connectivity index (χ1v) is 12.7. The minimum Gasteiger partial charge on any atom is -0.494 e. The van der Waals surface area contributed by atoms with Crippen LogP contribution in [-0.4, -0.2) is 54.3 Å². The van der Waals surface area contributed by atoms with Crippen molar-refractivity contribution < 1.29 is 9.47 Å². The van der Waals surface area contributed by atoms with E-state index in [1.807, 2.05) is 42.5 Å². The first-order chi connectivity index (χ1) is 17.8. The number of allylic oxidation sites excluding steroid dienone is 1. The summed E-state index contributed by atoms with van der Waals surface area (Å²) in [6, 6.07) is 22.7. The quantitative estimate of drug-likeness (QED) is 0.327. The van der Waals surface area contributed by atoms with Gasteiger partial charge in [-0.3, -0.25) is 4.90 Å². The van der Waals surface area contributed by atoms with Crippen molar-refractivity contribution >= 4 is 28.5 Å². The van der Waals surface area contributed by atoms with Crippen molar-refractivity contribution in [2.24, 2.45) is 0 Å². The Hall–Kier alpha value is -3.74. The molecule has 1 aliphatic carbocycles. The molecular weight excluding hydrogens is 448 g/mol. The van der Waals surface area contributed by atoms with Crippen LogP contribution in [0.1, 0.15) is 17.5 Å². The maximum absolute atomic E-state index is 6.14. The molecule has 6 nitrogen and oxygen atoms in total. The third kappa shape index (κ3) is 5.10. The Morgan fingerprint density at radius 2 is 1.83 bits per heavy atom. The van der Waals surface area contributed by atoms with Crippen molar-refractivity contribution in [3.63, 3.8) is 0 Å². The van der Waals surface area contributed by atoms with E-state index < -0.39 is 0 Å². The largest absolute Gasteiger partial charge is 0.494 e. The van der Waals surface area contributed by atoms with Crippen LogP contribution in [-0.2, 0) is 11.2 Å². The van der Waals surface area contributed by atoms with E-state index in [1.165, 1.54) is 11.1 Å². The summed E-state index contributed by atoms with van der Waals surface area (Å²) in [5.41, 5.74) is 5.49. The highest BCUT2D eigenvalue weighted by atomic mass is 16.5. The van der Waals surface area contributed by atoms with Gasteiger partial charge in [-0.05, 0) is 54.3 Å². The van der Waals surface area contributed by atoms with Crippen molar-refractivity contribution in [3.8, 4) is 17.1 Å². The molecule has 1 aromatic heterocycles. The van der Waals surface area contributed by atoms with Gasteiger partial charge in [-0.25, -0.2) is 9.97 Å². The van der Waals surface area contributed by atoms with Gasteiger partial charge in [-0.15, -0.1) is 0 Å². The molecule has 6 heteroatoms. The monoisotopic (exact) mass is 478 g/mol. The second-order valence-electron chi connectivity index (χ2n) is 9.24. The Kier molecular flexibility index (Phi) is 6.61. The van der Waals surface area contributed by atoms with Crippen LogP contribution in [0.25, 0.3) is 28.4 Å². The first-order valence-electron chi connectivity index (χ1n) is 12.7. The lowest BCUT2D eigenvalue weighted by Gasteiger charge is -2.26. The van der Waals surface area contributed by atoms with Crippen LogP contribution in [0, 0.1) is 0 Å².